The monoisotopic (exact) mass is 633 g/mol. The van der Waals surface area contributed by atoms with Gasteiger partial charge in [-0.25, -0.2) is 18.0 Å². The number of carbonyl (C=O) groups excluding carboxylic acids is 2. The number of hydrogen-bond acceptors (Lipinski definition) is 8. The molecule has 2 amide bonds. The Morgan fingerprint density at radius 2 is 1.95 bits per heavy atom. The summed E-state index contributed by atoms with van der Waals surface area (Å²) in [7, 11) is 2.21. The molecule has 0 saturated carbocycles. The molecule has 2 aliphatic heterocycles. The molecule has 15 heteroatoms. The highest BCUT2D eigenvalue weighted by atomic mass is 32.2. The summed E-state index contributed by atoms with van der Waals surface area (Å²) in [6, 6.07) is 4.19. The number of aromatic nitrogens is 3. The van der Waals surface area contributed by atoms with Gasteiger partial charge in [-0.05, 0) is 68.4 Å². The third kappa shape index (κ3) is 6.58. The van der Waals surface area contributed by atoms with E-state index in [2.05, 4.69) is 24.1 Å². The molecular formula is C28H36FN7O5S2. The van der Waals surface area contributed by atoms with Gasteiger partial charge in [0.25, 0.3) is 5.91 Å². The zero-order valence-corrected chi connectivity index (χ0v) is 26.2. The number of carbonyl (C=O) groups is 2. The molecule has 2 N–H and O–H groups in total. The summed E-state index contributed by atoms with van der Waals surface area (Å²) >= 11 is 1.28. The number of halogens is 1. The average Bonchev–Trinajstić information content (AvgIpc) is 3.52. The minimum absolute atomic E-state index is 0.0153. The standard InChI is InChI=1S/C28H36FN7O5S2/c1-17-10-18(2)14-33(13-17)23(37)16-34-15-22(35-8-5-9-43(35)41)36-27(40)25(38)24(31-28(34)36)26(39)30-12-19-6-7-20(29)11-21(19)42-32(3)4/h6-7,11,15,17-18,38H,5,8-10,12-14,16H2,1-4H3,(H,30,39). The topological polar surface area (TPSA) is 132 Å². The fourth-order valence-corrected chi connectivity index (χ4v) is 7.78. The van der Waals surface area contributed by atoms with E-state index in [9.17, 15) is 28.1 Å². The van der Waals surface area contributed by atoms with E-state index in [1.54, 1.807) is 33.7 Å². The number of aromatic hydroxyl groups is 1. The first kappa shape index (κ1) is 31.0. The quantitative estimate of drug-likeness (QED) is 0.361. The summed E-state index contributed by atoms with van der Waals surface area (Å²) in [5.74, 6) is -0.945. The maximum Gasteiger partial charge on any atom is 0.303 e. The van der Waals surface area contributed by atoms with Gasteiger partial charge < -0.3 is 19.9 Å². The van der Waals surface area contributed by atoms with Crippen LogP contribution in [0.3, 0.4) is 0 Å². The number of anilines is 1. The molecule has 2 fully saturated rings. The number of likely N-dealkylation sites (tertiary alicyclic amines) is 1. The molecule has 0 spiro atoms. The number of imidazole rings is 1. The molecule has 1 aromatic carbocycles. The third-order valence-electron chi connectivity index (χ3n) is 7.47. The Bertz CT molecular complexity index is 1630. The Kier molecular flexibility index (Phi) is 9.13. The fourth-order valence-electron chi connectivity index (χ4n) is 5.70. The van der Waals surface area contributed by atoms with E-state index in [1.165, 1.54) is 34.8 Å². The van der Waals surface area contributed by atoms with Gasteiger partial charge in [-0.1, -0.05) is 19.9 Å². The number of fused-ring (bicyclic) bond motifs is 1. The van der Waals surface area contributed by atoms with Crippen LogP contribution in [-0.2, 0) is 28.9 Å². The number of nitrogens with one attached hydrogen (secondary N) is 1. The van der Waals surface area contributed by atoms with Crippen molar-refractivity contribution >= 4 is 46.3 Å². The summed E-state index contributed by atoms with van der Waals surface area (Å²) < 4.78 is 32.5. The molecule has 0 bridgehead atoms. The van der Waals surface area contributed by atoms with Gasteiger partial charge in [-0.3, -0.25) is 23.0 Å². The second kappa shape index (κ2) is 12.7. The maximum absolute atomic E-state index is 13.9. The Morgan fingerprint density at radius 3 is 2.60 bits per heavy atom. The van der Waals surface area contributed by atoms with Gasteiger partial charge in [0.05, 0.1) is 0 Å². The number of rotatable bonds is 8. The van der Waals surface area contributed by atoms with Crippen LogP contribution in [0.5, 0.6) is 5.75 Å². The number of benzene rings is 1. The van der Waals surface area contributed by atoms with E-state index >= 15 is 0 Å². The molecule has 3 aromatic rings. The lowest BCUT2D eigenvalue weighted by Gasteiger charge is -2.35. The first-order valence-electron chi connectivity index (χ1n) is 14.1. The highest BCUT2D eigenvalue weighted by Crippen LogP contribution is 2.27. The van der Waals surface area contributed by atoms with Crippen molar-refractivity contribution in [2.75, 3.05) is 43.8 Å². The smallest absolute Gasteiger partial charge is 0.303 e. The number of amides is 2. The van der Waals surface area contributed by atoms with Gasteiger partial charge in [0.1, 0.15) is 29.2 Å². The van der Waals surface area contributed by atoms with Crippen LogP contribution >= 0.6 is 11.9 Å². The van der Waals surface area contributed by atoms with Crippen molar-refractivity contribution in [3.63, 3.8) is 0 Å². The Balaban J connectivity index is 1.50. The van der Waals surface area contributed by atoms with Crippen LogP contribution in [0.15, 0.2) is 34.1 Å². The van der Waals surface area contributed by atoms with Crippen molar-refractivity contribution in [2.45, 2.75) is 44.7 Å². The second-order valence-corrected chi connectivity index (χ2v) is 14.3. The van der Waals surface area contributed by atoms with E-state index in [1.807, 2.05) is 0 Å². The fraction of sp³-hybridized carbons (Fsp3) is 0.500. The molecule has 3 atom stereocenters. The molecule has 2 aromatic heterocycles. The van der Waals surface area contributed by atoms with Crippen LogP contribution in [0.25, 0.3) is 5.78 Å². The molecule has 2 saturated heterocycles. The summed E-state index contributed by atoms with van der Waals surface area (Å²) in [6.45, 7) is 5.69. The van der Waals surface area contributed by atoms with E-state index in [-0.39, 0.29) is 30.6 Å². The van der Waals surface area contributed by atoms with Gasteiger partial charge in [0, 0.05) is 43.0 Å². The van der Waals surface area contributed by atoms with Crippen LogP contribution in [0, 0.1) is 17.7 Å². The summed E-state index contributed by atoms with van der Waals surface area (Å²) in [5, 5.41) is 13.5. The lowest BCUT2D eigenvalue weighted by Crippen LogP contribution is -2.44. The van der Waals surface area contributed by atoms with E-state index < -0.39 is 39.7 Å². The van der Waals surface area contributed by atoms with Gasteiger partial charge in [-0.2, -0.15) is 0 Å². The summed E-state index contributed by atoms with van der Waals surface area (Å²) in [5.41, 5.74) is -0.787. The summed E-state index contributed by atoms with van der Waals surface area (Å²) in [6.07, 6.45) is 3.21. The predicted octanol–water partition coefficient (Wildman–Crippen LogP) is 2.22. The first-order valence-corrected chi connectivity index (χ1v) is 16.2. The van der Waals surface area contributed by atoms with Gasteiger partial charge in [0.2, 0.25) is 17.4 Å². The van der Waals surface area contributed by atoms with Crippen LogP contribution in [0.2, 0.25) is 0 Å². The summed E-state index contributed by atoms with van der Waals surface area (Å²) in [4.78, 5) is 47.0. The molecule has 2 aliphatic rings. The van der Waals surface area contributed by atoms with Crippen molar-refractivity contribution in [1.82, 2.24) is 28.5 Å². The van der Waals surface area contributed by atoms with Crippen LogP contribution < -0.4 is 15.2 Å². The molecular weight excluding hydrogens is 597 g/mol. The van der Waals surface area contributed by atoms with Crippen molar-refractivity contribution in [1.29, 1.82) is 0 Å². The van der Waals surface area contributed by atoms with Gasteiger partial charge in [0.15, 0.2) is 5.69 Å². The van der Waals surface area contributed by atoms with E-state index in [0.29, 0.717) is 54.1 Å². The van der Waals surface area contributed by atoms with Crippen molar-refractivity contribution < 1.29 is 23.3 Å². The van der Waals surface area contributed by atoms with Crippen LogP contribution in [0.1, 0.15) is 42.7 Å². The minimum atomic E-state index is -1.40. The highest BCUT2D eigenvalue weighted by molar-refractivity contribution is 7.97. The molecule has 3 unspecified atom stereocenters. The predicted molar refractivity (Wildman–Crippen MR) is 163 cm³/mol. The maximum atomic E-state index is 13.9. The lowest BCUT2D eigenvalue weighted by molar-refractivity contribution is -0.134. The first-order chi connectivity index (χ1) is 20.4. The second-order valence-electron chi connectivity index (χ2n) is 11.4. The Hall–Kier alpha value is -3.43. The molecule has 232 valence electrons. The SMILES string of the molecule is CC1CC(C)CN(C(=O)Cn2cc(N3CCCS3=O)n3c(=O)c(O)c(C(=O)NCc4ccc(F)cc4SN(C)C)nc23)C1. The van der Waals surface area contributed by atoms with E-state index in [4.69, 9.17) is 0 Å². The third-order valence-corrected chi connectivity index (χ3v) is 9.91. The Labute approximate surface area is 255 Å². The van der Waals surface area contributed by atoms with Crippen molar-refractivity contribution in [3.8, 4) is 5.75 Å². The average molecular weight is 634 g/mol. The number of nitrogens with zero attached hydrogens (tertiary/aromatic N) is 6. The number of piperidine rings is 1. The Morgan fingerprint density at radius 1 is 1.23 bits per heavy atom. The zero-order chi connectivity index (χ0) is 31.0. The lowest BCUT2D eigenvalue weighted by atomic mass is 9.92. The molecule has 43 heavy (non-hydrogen) atoms. The molecule has 0 aliphatic carbocycles. The zero-order valence-electron chi connectivity index (χ0n) is 24.6. The molecule has 12 nitrogen and oxygen atoms in total. The van der Waals surface area contributed by atoms with Crippen molar-refractivity contribution in [3.05, 3.63) is 51.8 Å². The van der Waals surface area contributed by atoms with Crippen molar-refractivity contribution in [2.24, 2.45) is 11.8 Å². The normalized spacial score (nSPS) is 20.7. The number of hydrogen-bond donors (Lipinski definition) is 2. The van der Waals surface area contributed by atoms with Crippen LogP contribution in [-0.4, -0.2) is 83.8 Å². The molecule has 0 radical (unpaired) electrons. The highest BCUT2D eigenvalue weighted by Gasteiger charge is 2.31. The van der Waals surface area contributed by atoms with E-state index in [0.717, 1.165) is 10.8 Å². The largest absolute Gasteiger partial charge is 0.501 e. The molecule has 5 rings (SSSR count). The minimum Gasteiger partial charge on any atom is -0.501 e. The molecule has 4 heterocycles. The van der Waals surface area contributed by atoms with Gasteiger partial charge >= 0.3 is 5.56 Å². The van der Waals surface area contributed by atoms with Crippen LogP contribution in [0.4, 0.5) is 10.2 Å². The van der Waals surface area contributed by atoms with Gasteiger partial charge in [-0.15, -0.1) is 0 Å².